The SMILES string of the molecule is NC[C@@H]1C[C@H](F)CN1Cc1ccc(OCCN2CCOCC2)c(Cl)c1. The zero-order valence-electron chi connectivity index (χ0n) is 14.5. The van der Waals surface area contributed by atoms with Gasteiger partial charge in [-0.25, -0.2) is 4.39 Å². The van der Waals surface area contributed by atoms with Crippen LogP contribution in [0.2, 0.25) is 5.02 Å². The van der Waals surface area contributed by atoms with E-state index < -0.39 is 6.17 Å². The fourth-order valence-electron chi connectivity index (χ4n) is 3.47. The minimum Gasteiger partial charge on any atom is -0.491 e. The van der Waals surface area contributed by atoms with E-state index in [-0.39, 0.29) is 6.04 Å². The van der Waals surface area contributed by atoms with Crippen molar-refractivity contribution in [3.05, 3.63) is 28.8 Å². The summed E-state index contributed by atoms with van der Waals surface area (Å²) in [5.74, 6) is 0.693. The first-order valence-corrected chi connectivity index (χ1v) is 9.33. The number of rotatable bonds is 7. The summed E-state index contributed by atoms with van der Waals surface area (Å²) in [6.45, 7) is 6.53. The maximum absolute atomic E-state index is 13.6. The molecule has 0 spiro atoms. The van der Waals surface area contributed by atoms with Crippen LogP contribution in [-0.4, -0.2) is 74.6 Å². The van der Waals surface area contributed by atoms with Gasteiger partial charge in [0.1, 0.15) is 18.5 Å². The molecule has 0 saturated carbocycles. The molecule has 0 amide bonds. The Kier molecular flexibility index (Phi) is 6.90. The minimum atomic E-state index is -0.785. The van der Waals surface area contributed by atoms with Gasteiger partial charge in [0.05, 0.1) is 18.2 Å². The van der Waals surface area contributed by atoms with E-state index in [1.54, 1.807) is 0 Å². The van der Waals surface area contributed by atoms with E-state index in [1.807, 2.05) is 18.2 Å². The Morgan fingerprint density at radius 3 is 2.84 bits per heavy atom. The second-order valence-corrected chi connectivity index (χ2v) is 7.13. The van der Waals surface area contributed by atoms with Crippen LogP contribution in [0.5, 0.6) is 5.75 Å². The van der Waals surface area contributed by atoms with E-state index in [2.05, 4.69) is 9.80 Å². The number of nitrogens with zero attached hydrogens (tertiary/aromatic N) is 2. The number of hydrogen-bond donors (Lipinski definition) is 1. The normalized spacial score (nSPS) is 25.4. The van der Waals surface area contributed by atoms with E-state index in [0.717, 1.165) is 38.4 Å². The van der Waals surface area contributed by atoms with Crippen molar-refractivity contribution in [2.75, 3.05) is 52.5 Å². The van der Waals surface area contributed by atoms with Crippen LogP contribution in [0.15, 0.2) is 18.2 Å². The topological polar surface area (TPSA) is 51.0 Å². The van der Waals surface area contributed by atoms with Crippen LogP contribution in [0, 0.1) is 0 Å². The smallest absolute Gasteiger partial charge is 0.137 e. The van der Waals surface area contributed by atoms with Crippen molar-refractivity contribution in [3.63, 3.8) is 0 Å². The first-order valence-electron chi connectivity index (χ1n) is 8.95. The fourth-order valence-corrected chi connectivity index (χ4v) is 3.72. The summed E-state index contributed by atoms with van der Waals surface area (Å²) < 4.78 is 24.7. The van der Waals surface area contributed by atoms with Crippen molar-refractivity contribution >= 4 is 11.6 Å². The van der Waals surface area contributed by atoms with E-state index in [0.29, 0.717) is 43.4 Å². The molecule has 2 atom stereocenters. The number of morpholine rings is 1. The maximum Gasteiger partial charge on any atom is 0.137 e. The van der Waals surface area contributed by atoms with Crippen LogP contribution >= 0.6 is 11.6 Å². The molecule has 7 heteroatoms. The first kappa shape index (κ1) is 18.9. The van der Waals surface area contributed by atoms with Gasteiger partial charge in [0.15, 0.2) is 0 Å². The van der Waals surface area contributed by atoms with Crippen molar-refractivity contribution in [2.24, 2.45) is 5.73 Å². The molecule has 0 aromatic heterocycles. The summed E-state index contributed by atoms with van der Waals surface area (Å²) in [6.07, 6.45) is -0.265. The van der Waals surface area contributed by atoms with Crippen LogP contribution in [0.3, 0.4) is 0 Å². The molecular formula is C18H27ClFN3O2. The lowest BCUT2D eigenvalue weighted by Crippen LogP contribution is -2.38. The van der Waals surface area contributed by atoms with E-state index in [1.165, 1.54) is 0 Å². The summed E-state index contributed by atoms with van der Waals surface area (Å²) in [4.78, 5) is 4.41. The predicted octanol–water partition coefficient (Wildman–Crippen LogP) is 1.92. The molecule has 0 bridgehead atoms. The second kappa shape index (κ2) is 9.14. The molecular weight excluding hydrogens is 345 g/mol. The van der Waals surface area contributed by atoms with Crippen LogP contribution in [0.25, 0.3) is 0 Å². The summed E-state index contributed by atoms with van der Waals surface area (Å²) >= 11 is 6.36. The molecule has 1 aromatic rings. The van der Waals surface area contributed by atoms with Gasteiger partial charge in [-0.1, -0.05) is 17.7 Å². The van der Waals surface area contributed by atoms with Gasteiger partial charge in [-0.15, -0.1) is 0 Å². The van der Waals surface area contributed by atoms with Gasteiger partial charge in [0.25, 0.3) is 0 Å². The molecule has 2 saturated heterocycles. The molecule has 0 aliphatic carbocycles. The molecule has 2 N–H and O–H groups in total. The van der Waals surface area contributed by atoms with Crippen LogP contribution in [-0.2, 0) is 11.3 Å². The average molecular weight is 372 g/mol. The molecule has 3 rings (SSSR count). The molecule has 0 unspecified atom stereocenters. The number of ether oxygens (including phenoxy) is 2. The highest BCUT2D eigenvalue weighted by Gasteiger charge is 2.30. The molecule has 5 nitrogen and oxygen atoms in total. The summed E-state index contributed by atoms with van der Waals surface area (Å²) in [7, 11) is 0. The lowest BCUT2D eigenvalue weighted by Gasteiger charge is -2.26. The van der Waals surface area contributed by atoms with E-state index in [9.17, 15) is 4.39 Å². The third-order valence-electron chi connectivity index (χ3n) is 4.90. The molecule has 2 heterocycles. The minimum absolute atomic E-state index is 0.109. The third-order valence-corrected chi connectivity index (χ3v) is 5.20. The van der Waals surface area contributed by atoms with Gasteiger partial charge < -0.3 is 15.2 Å². The molecule has 1 aromatic carbocycles. The Labute approximate surface area is 153 Å². The zero-order valence-corrected chi connectivity index (χ0v) is 15.3. The van der Waals surface area contributed by atoms with Crippen LogP contribution in [0.1, 0.15) is 12.0 Å². The van der Waals surface area contributed by atoms with E-state index in [4.69, 9.17) is 26.8 Å². The Morgan fingerprint density at radius 2 is 2.12 bits per heavy atom. The maximum atomic E-state index is 13.6. The van der Waals surface area contributed by atoms with Gasteiger partial charge in [0.2, 0.25) is 0 Å². The number of hydrogen-bond acceptors (Lipinski definition) is 5. The highest BCUT2D eigenvalue weighted by Crippen LogP contribution is 2.28. The van der Waals surface area contributed by atoms with Gasteiger partial charge >= 0.3 is 0 Å². The third kappa shape index (κ3) is 5.28. The number of nitrogens with two attached hydrogens (primary N) is 1. The quantitative estimate of drug-likeness (QED) is 0.793. The van der Waals surface area contributed by atoms with Crippen LogP contribution in [0.4, 0.5) is 4.39 Å². The Morgan fingerprint density at radius 1 is 1.32 bits per heavy atom. The number of benzene rings is 1. The largest absolute Gasteiger partial charge is 0.491 e. The molecule has 2 fully saturated rings. The Hall–Kier alpha value is -0.920. The second-order valence-electron chi connectivity index (χ2n) is 6.72. The van der Waals surface area contributed by atoms with Crippen molar-refractivity contribution in [3.8, 4) is 5.75 Å². The predicted molar refractivity (Wildman–Crippen MR) is 97.0 cm³/mol. The molecule has 140 valence electrons. The zero-order chi connectivity index (χ0) is 17.6. The van der Waals surface area contributed by atoms with E-state index >= 15 is 0 Å². The molecule has 25 heavy (non-hydrogen) atoms. The Balaban J connectivity index is 1.50. The van der Waals surface area contributed by atoms with Gasteiger partial charge in [-0.3, -0.25) is 9.80 Å². The highest BCUT2D eigenvalue weighted by molar-refractivity contribution is 6.32. The monoisotopic (exact) mass is 371 g/mol. The number of likely N-dealkylation sites (tertiary alicyclic amines) is 1. The standard InChI is InChI=1S/C18H27ClFN3O2/c19-17-9-14(12-23-13-15(20)10-16(23)11-21)1-2-18(17)25-8-5-22-3-6-24-7-4-22/h1-2,9,15-16H,3-8,10-13,21H2/t15-,16-/m0/s1. The average Bonchev–Trinajstić information content (AvgIpc) is 2.97. The van der Waals surface area contributed by atoms with Crippen molar-refractivity contribution < 1.29 is 13.9 Å². The Bertz CT molecular complexity index is 557. The summed E-state index contributed by atoms with van der Waals surface area (Å²) in [6, 6.07) is 5.91. The number of alkyl halides is 1. The first-order chi connectivity index (χ1) is 12.2. The lowest BCUT2D eigenvalue weighted by molar-refractivity contribution is 0.0322. The lowest BCUT2D eigenvalue weighted by atomic mass is 10.1. The molecule has 2 aliphatic heterocycles. The van der Waals surface area contributed by atoms with Crippen LogP contribution < -0.4 is 10.5 Å². The van der Waals surface area contributed by atoms with Crippen molar-refractivity contribution in [1.29, 1.82) is 0 Å². The van der Waals surface area contributed by atoms with Gasteiger partial charge in [-0.05, 0) is 24.1 Å². The fraction of sp³-hybridized carbons (Fsp3) is 0.667. The number of halogens is 2. The van der Waals surface area contributed by atoms with Gasteiger partial charge in [-0.2, -0.15) is 0 Å². The molecule has 2 aliphatic rings. The molecule has 0 radical (unpaired) electrons. The summed E-state index contributed by atoms with van der Waals surface area (Å²) in [5, 5.41) is 0.597. The van der Waals surface area contributed by atoms with Crippen molar-refractivity contribution in [1.82, 2.24) is 9.80 Å². The van der Waals surface area contributed by atoms with Gasteiger partial charge in [0, 0.05) is 45.3 Å². The highest BCUT2D eigenvalue weighted by atomic mass is 35.5. The van der Waals surface area contributed by atoms with Crippen molar-refractivity contribution in [2.45, 2.75) is 25.2 Å². The summed E-state index contributed by atoms with van der Waals surface area (Å²) in [5.41, 5.74) is 6.80.